The highest BCUT2D eigenvalue weighted by Gasteiger charge is 1.91. The van der Waals surface area contributed by atoms with Crippen molar-refractivity contribution in [3.05, 3.63) is 29.6 Å². The summed E-state index contributed by atoms with van der Waals surface area (Å²) in [5.74, 6) is 0. The van der Waals surface area contributed by atoms with Crippen LogP contribution in [0.25, 0.3) is 0 Å². The van der Waals surface area contributed by atoms with Crippen LogP contribution in [0.1, 0.15) is 24.5 Å². The van der Waals surface area contributed by atoms with E-state index in [-0.39, 0.29) is 0 Å². The van der Waals surface area contributed by atoms with Gasteiger partial charge in [0.25, 0.3) is 0 Å². The van der Waals surface area contributed by atoms with E-state index >= 15 is 0 Å². The Morgan fingerprint density at radius 3 is 3.15 bits per heavy atom. The summed E-state index contributed by atoms with van der Waals surface area (Å²) in [6.45, 7) is 4.71. The maximum Gasteiger partial charge on any atom is 0.116 e. The zero-order chi connectivity index (χ0) is 9.52. The summed E-state index contributed by atoms with van der Waals surface area (Å²) < 4.78 is 0. The molecule has 0 spiro atoms. The molecule has 1 rings (SSSR count). The average molecular weight is 178 g/mol. The van der Waals surface area contributed by atoms with Gasteiger partial charge in [-0.15, -0.1) is 0 Å². The quantitative estimate of drug-likeness (QED) is 0.402. The maximum atomic E-state index is 4.99. The van der Waals surface area contributed by atoms with E-state index in [0.29, 0.717) is 6.61 Å². The van der Waals surface area contributed by atoms with Gasteiger partial charge in [-0.05, 0) is 25.0 Å². The summed E-state index contributed by atoms with van der Waals surface area (Å²) in [7, 11) is 0. The van der Waals surface area contributed by atoms with Crippen molar-refractivity contribution < 1.29 is 4.84 Å². The van der Waals surface area contributed by atoms with Crippen molar-refractivity contribution in [2.45, 2.75) is 20.3 Å². The molecular weight excluding hydrogens is 164 g/mol. The minimum atomic E-state index is 0.667. The van der Waals surface area contributed by atoms with Crippen molar-refractivity contribution in [3.8, 4) is 0 Å². The standard InChI is InChI=1S/C10H14N2O/c1-3-6-13-12-8-10-4-5-11-7-9(10)2/h4-5,7-8H,3,6H2,1-2H3/b12-8+. The number of pyridine rings is 1. The first-order valence-electron chi connectivity index (χ1n) is 4.40. The fourth-order valence-electron chi connectivity index (χ4n) is 0.867. The van der Waals surface area contributed by atoms with E-state index in [1.165, 1.54) is 0 Å². The second-order valence-electron chi connectivity index (χ2n) is 2.80. The first-order chi connectivity index (χ1) is 6.34. The summed E-state index contributed by atoms with van der Waals surface area (Å²) in [4.78, 5) is 8.98. The number of hydrogen-bond acceptors (Lipinski definition) is 3. The van der Waals surface area contributed by atoms with E-state index in [2.05, 4.69) is 10.1 Å². The van der Waals surface area contributed by atoms with Crippen molar-refractivity contribution in [2.75, 3.05) is 6.61 Å². The number of aryl methyl sites for hydroxylation is 1. The average Bonchev–Trinajstić information content (AvgIpc) is 2.15. The maximum absolute atomic E-state index is 4.99. The molecule has 1 aromatic rings. The number of aromatic nitrogens is 1. The van der Waals surface area contributed by atoms with Crippen molar-refractivity contribution >= 4 is 6.21 Å². The van der Waals surface area contributed by atoms with E-state index in [1.54, 1.807) is 18.6 Å². The molecule has 0 fully saturated rings. The van der Waals surface area contributed by atoms with Crippen LogP contribution in [0.4, 0.5) is 0 Å². The Labute approximate surface area is 78.4 Å². The van der Waals surface area contributed by atoms with E-state index < -0.39 is 0 Å². The van der Waals surface area contributed by atoms with E-state index in [4.69, 9.17) is 4.84 Å². The molecule has 0 aliphatic rings. The minimum Gasteiger partial charge on any atom is -0.396 e. The lowest BCUT2D eigenvalue weighted by atomic mass is 10.2. The van der Waals surface area contributed by atoms with Crippen LogP contribution in [-0.2, 0) is 4.84 Å². The lowest BCUT2D eigenvalue weighted by Gasteiger charge is -1.97. The number of nitrogens with zero attached hydrogens (tertiary/aromatic N) is 2. The molecule has 0 atom stereocenters. The highest BCUT2D eigenvalue weighted by Crippen LogP contribution is 2.01. The number of oxime groups is 1. The predicted octanol–water partition coefficient (Wildman–Crippen LogP) is 2.15. The number of rotatable bonds is 4. The second kappa shape index (κ2) is 5.30. The fraction of sp³-hybridized carbons (Fsp3) is 0.400. The van der Waals surface area contributed by atoms with Crippen LogP contribution in [0.2, 0.25) is 0 Å². The molecule has 0 amide bonds. The van der Waals surface area contributed by atoms with E-state index in [0.717, 1.165) is 17.5 Å². The Morgan fingerprint density at radius 1 is 1.62 bits per heavy atom. The molecule has 3 nitrogen and oxygen atoms in total. The van der Waals surface area contributed by atoms with Crippen molar-refractivity contribution in [1.29, 1.82) is 0 Å². The SMILES string of the molecule is CCCO/N=C/c1ccncc1C. The molecule has 0 bridgehead atoms. The Balaban J connectivity index is 2.53. The molecule has 0 aliphatic heterocycles. The van der Waals surface area contributed by atoms with Gasteiger partial charge in [-0.3, -0.25) is 4.98 Å². The van der Waals surface area contributed by atoms with Gasteiger partial charge in [-0.2, -0.15) is 0 Å². The molecule has 0 unspecified atom stereocenters. The Hall–Kier alpha value is -1.38. The number of hydrogen-bond donors (Lipinski definition) is 0. The van der Waals surface area contributed by atoms with Crippen molar-refractivity contribution in [2.24, 2.45) is 5.16 Å². The fourth-order valence-corrected chi connectivity index (χ4v) is 0.867. The lowest BCUT2D eigenvalue weighted by molar-refractivity contribution is 0.146. The van der Waals surface area contributed by atoms with Crippen LogP contribution >= 0.6 is 0 Å². The van der Waals surface area contributed by atoms with Crippen LogP contribution in [0.5, 0.6) is 0 Å². The van der Waals surface area contributed by atoms with E-state index in [1.807, 2.05) is 19.9 Å². The van der Waals surface area contributed by atoms with Gasteiger partial charge in [0.2, 0.25) is 0 Å². The normalized spacial score (nSPS) is 10.6. The molecule has 0 aliphatic carbocycles. The highest BCUT2D eigenvalue weighted by atomic mass is 16.6. The van der Waals surface area contributed by atoms with Gasteiger partial charge in [0.1, 0.15) is 6.61 Å². The molecule has 70 valence electrons. The third-order valence-electron chi connectivity index (χ3n) is 1.63. The zero-order valence-corrected chi connectivity index (χ0v) is 8.03. The third-order valence-corrected chi connectivity index (χ3v) is 1.63. The summed E-state index contributed by atoms with van der Waals surface area (Å²) in [5.41, 5.74) is 2.15. The molecule has 1 aromatic heterocycles. The Kier molecular flexibility index (Phi) is 3.96. The zero-order valence-electron chi connectivity index (χ0n) is 8.03. The van der Waals surface area contributed by atoms with Gasteiger partial charge < -0.3 is 4.84 Å². The van der Waals surface area contributed by atoms with Crippen LogP contribution < -0.4 is 0 Å². The topological polar surface area (TPSA) is 34.5 Å². The Morgan fingerprint density at radius 2 is 2.46 bits per heavy atom. The summed E-state index contributed by atoms with van der Waals surface area (Å²) >= 11 is 0. The van der Waals surface area contributed by atoms with E-state index in [9.17, 15) is 0 Å². The first-order valence-corrected chi connectivity index (χ1v) is 4.40. The molecule has 0 saturated carbocycles. The summed E-state index contributed by atoms with van der Waals surface area (Å²) in [6.07, 6.45) is 6.24. The van der Waals surface area contributed by atoms with Crippen molar-refractivity contribution in [1.82, 2.24) is 4.98 Å². The second-order valence-corrected chi connectivity index (χ2v) is 2.80. The lowest BCUT2D eigenvalue weighted by Crippen LogP contribution is -1.90. The van der Waals surface area contributed by atoms with Crippen LogP contribution in [0, 0.1) is 6.92 Å². The summed E-state index contributed by atoms with van der Waals surface area (Å²) in [5, 5.41) is 3.84. The first kappa shape index (κ1) is 9.71. The molecular formula is C10H14N2O. The highest BCUT2D eigenvalue weighted by molar-refractivity contribution is 5.80. The van der Waals surface area contributed by atoms with Crippen molar-refractivity contribution in [3.63, 3.8) is 0 Å². The van der Waals surface area contributed by atoms with Gasteiger partial charge in [0.15, 0.2) is 0 Å². The molecule has 13 heavy (non-hydrogen) atoms. The van der Waals surface area contributed by atoms with Gasteiger partial charge in [0.05, 0.1) is 6.21 Å². The molecule has 0 N–H and O–H groups in total. The van der Waals surface area contributed by atoms with Crippen LogP contribution in [0.15, 0.2) is 23.6 Å². The summed E-state index contributed by atoms with van der Waals surface area (Å²) in [6, 6.07) is 1.91. The molecule has 0 aromatic carbocycles. The van der Waals surface area contributed by atoms with Gasteiger partial charge in [-0.25, -0.2) is 0 Å². The Bertz CT molecular complexity index is 284. The molecule has 0 saturated heterocycles. The smallest absolute Gasteiger partial charge is 0.116 e. The van der Waals surface area contributed by atoms with Gasteiger partial charge in [-0.1, -0.05) is 12.1 Å². The largest absolute Gasteiger partial charge is 0.396 e. The monoisotopic (exact) mass is 178 g/mol. The van der Waals surface area contributed by atoms with Gasteiger partial charge >= 0.3 is 0 Å². The minimum absolute atomic E-state index is 0.667. The molecule has 3 heteroatoms. The molecule has 1 heterocycles. The van der Waals surface area contributed by atoms with Crippen LogP contribution in [-0.4, -0.2) is 17.8 Å². The third kappa shape index (κ3) is 3.23. The van der Waals surface area contributed by atoms with Gasteiger partial charge in [0, 0.05) is 18.0 Å². The molecule has 0 radical (unpaired) electrons. The predicted molar refractivity (Wildman–Crippen MR) is 52.8 cm³/mol. The van der Waals surface area contributed by atoms with Crippen LogP contribution in [0.3, 0.4) is 0 Å².